The number of aromatic nitrogens is 14. The van der Waals surface area contributed by atoms with E-state index in [0.717, 1.165) is 105 Å². The molecule has 0 amide bonds. The van der Waals surface area contributed by atoms with Crippen LogP contribution < -0.4 is 32.7 Å². The van der Waals surface area contributed by atoms with E-state index in [1.54, 1.807) is 41.5 Å². The molecule has 0 radical (unpaired) electrons. The van der Waals surface area contributed by atoms with Crippen LogP contribution >= 0.6 is 22.7 Å². The molecule has 0 atom stereocenters. The van der Waals surface area contributed by atoms with Crippen LogP contribution in [0.15, 0.2) is 93.3 Å². The molecule has 0 aliphatic carbocycles. The molecule has 0 aliphatic rings. The van der Waals surface area contributed by atoms with E-state index in [4.69, 9.17) is 11.5 Å². The Morgan fingerprint density at radius 3 is 0.840 bits per heavy atom. The smallest absolute Gasteiger partial charge is 0.335 e. The van der Waals surface area contributed by atoms with Crippen molar-refractivity contribution in [1.82, 2.24) is 69.9 Å². The Morgan fingerprint density at radius 1 is 0.380 bits per heavy atom. The first-order chi connectivity index (χ1) is 47.1. The number of anilines is 10. The van der Waals surface area contributed by atoms with Crippen LogP contribution in [0.5, 0.6) is 0 Å². The van der Waals surface area contributed by atoms with Crippen LogP contribution in [-0.2, 0) is 23.7 Å². The third-order valence-corrected chi connectivity index (χ3v) is 15.2. The lowest BCUT2D eigenvalue weighted by Crippen LogP contribution is -2.15. The molecule has 0 saturated carbocycles. The van der Waals surface area contributed by atoms with Crippen molar-refractivity contribution in [3.05, 3.63) is 139 Å². The lowest BCUT2D eigenvalue weighted by molar-refractivity contribution is 0.0676. The van der Waals surface area contributed by atoms with Gasteiger partial charge in [-0.05, 0) is 72.8 Å². The second-order valence-corrected chi connectivity index (χ2v) is 25.1. The molecule has 42 heteroatoms. The number of benzene rings is 4. The number of nitrogens with zero attached hydrogens (tertiary/aromatic N) is 18. The van der Waals surface area contributed by atoms with E-state index in [-0.39, 0.29) is 116 Å². The van der Waals surface area contributed by atoms with Crippen molar-refractivity contribution in [3.63, 3.8) is 0 Å². The number of carbonyl (C=O) groups is 8. The quantitative estimate of drug-likeness (QED) is 0.0237. The average molecular weight is 1400 g/mol. The fourth-order valence-electron chi connectivity index (χ4n) is 8.98. The van der Waals surface area contributed by atoms with Gasteiger partial charge in [-0.15, -0.1) is 40.9 Å². The minimum atomic E-state index is -1.45. The molecular weight excluding hydrogens is 1350 g/mol. The van der Waals surface area contributed by atoms with E-state index in [0.29, 0.717) is 10.0 Å². The van der Waals surface area contributed by atoms with Gasteiger partial charge in [0.05, 0.1) is 55.9 Å². The standard InChI is InChI=1S/C58H50N24O16S2/c1-57(2,3)37-35(39(59)81(79-37)53-67-49(61-29-13-21(41(83)84)9-22(14-29)42(85)86)65-50(68-53)62-30-15-23(43(87)88)10-24(16-30)44(89)90)73-77-55-75-71-33(99-55)7-8-34-72-76-56(100-34)78-74-36-38(58(4,5)6)80-82(40(36)60)54-69-51(63-31-17-25(45(91)92)11-26(18-31)46(93)94)66-52(70-54)64-32-19-27(47(95)96)12-28(20-32)48(97)98/h9-20H,7-8,59-60H2,1-6H3,(H,83,84)(H,85,86)(H,87,88)(H,89,90)(H,91,92)(H,93,94)(H,95,96)(H,97,98)(H2,61,62,65,67,68)(H2,63,64,66,69,70). The lowest BCUT2D eigenvalue weighted by atomic mass is 9.91. The molecule has 6 heterocycles. The SMILES string of the molecule is CC(C)(C)c1nn(-c2nc(Nc3cc(C(=O)O)cc(C(=O)O)c3)nc(Nc3cc(C(=O)O)cc(C(=O)O)c3)n2)c(N)c1N=Nc1nnc(CCc2nnc(N=Nc3c(C(C)(C)C)nn(-c4nc(Nc5cc(C(=O)O)cc(C(=O)O)c5)nc(Nc5cc(C(=O)O)cc(C(=O)O)c5)n4)c3N)s2)s1. The largest absolute Gasteiger partial charge is 0.478 e. The normalized spacial score (nSPS) is 11.6. The molecule has 10 rings (SSSR count). The summed E-state index contributed by atoms with van der Waals surface area (Å²) >= 11 is 2.15. The zero-order chi connectivity index (χ0) is 72.4. The van der Waals surface area contributed by atoms with Gasteiger partial charge in [0.2, 0.25) is 23.8 Å². The second-order valence-electron chi connectivity index (χ2n) is 23.0. The average Bonchev–Trinajstić information content (AvgIpc) is 1.61. The van der Waals surface area contributed by atoms with Crippen molar-refractivity contribution in [2.45, 2.75) is 65.2 Å². The van der Waals surface area contributed by atoms with E-state index < -0.39 is 103 Å². The molecule has 100 heavy (non-hydrogen) atoms. The summed E-state index contributed by atoms with van der Waals surface area (Å²) < 4.78 is 2.14. The van der Waals surface area contributed by atoms with Crippen molar-refractivity contribution in [1.29, 1.82) is 0 Å². The highest BCUT2D eigenvalue weighted by Crippen LogP contribution is 2.40. The topological polar surface area (TPSA) is 613 Å². The molecule has 10 aromatic rings. The summed E-state index contributed by atoms with van der Waals surface area (Å²) in [6, 6.07) is 12.6. The van der Waals surface area contributed by atoms with E-state index in [1.165, 1.54) is 0 Å². The van der Waals surface area contributed by atoms with Gasteiger partial charge < -0.3 is 73.6 Å². The van der Waals surface area contributed by atoms with Crippen LogP contribution in [0.3, 0.4) is 0 Å². The molecule has 0 unspecified atom stereocenters. The lowest BCUT2D eigenvalue weighted by Gasteiger charge is -2.15. The number of nitrogens with one attached hydrogen (secondary N) is 4. The number of aromatic carboxylic acids is 8. The van der Waals surface area contributed by atoms with E-state index in [1.807, 2.05) is 0 Å². The summed E-state index contributed by atoms with van der Waals surface area (Å²) in [4.78, 5) is 122. The first-order valence-electron chi connectivity index (χ1n) is 28.5. The van der Waals surface area contributed by atoms with Gasteiger partial charge in [-0.25, -0.2) is 38.4 Å². The third-order valence-electron chi connectivity index (χ3n) is 13.5. The highest BCUT2D eigenvalue weighted by atomic mass is 32.1. The second kappa shape index (κ2) is 27.5. The Hall–Kier alpha value is -13.8. The number of aryl methyl sites for hydroxylation is 2. The highest BCUT2D eigenvalue weighted by Gasteiger charge is 2.31. The molecule has 4 aromatic carbocycles. The third kappa shape index (κ3) is 15.9. The number of carboxylic acid groups (broad SMARTS) is 8. The molecule has 0 spiro atoms. The van der Waals surface area contributed by atoms with E-state index in [9.17, 15) is 79.2 Å². The number of nitrogen functional groups attached to an aromatic ring is 2. The predicted molar refractivity (Wildman–Crippen MR) is 350 cm³/mol. The molecule has 40 nitrogen and oxygen atoms in total. The van der Waals surface area contributed by atoms with Gasteiger partial charge in [-0.1, -0.05) is 64.2 Å². The Labute approximate surface area is 566 Å². The van der Waals surface area contributed by atoms with Gasteiger partial charge >= 0.3 is 47.8 Å². The van der Waals surface area contributed by atoms with Gasteiger partial charge in [0.25, 0.3) is 22.2 Å². The van der Waals surface area contributed by atoms with Crippen LogP contribution in [0.25, 0.3) is 11.9 Å². The van der Waals surface area contributed by atoms with E-state index >= 15 is 0 Å². The molecule has 510 valence electrons. The Kier molecular flexibility index (Phi) is 19.0. The number of hydrogen-bond acceptors (Lipinski definition) is 32. The molecule has 0 saturated heterocycles. The summed E-state index contributed by atoms with van der Waals surface area (Å²) in [6.07, 6.45) is 0.555. The fraction of sp³-hybridized carbons (Fsp3) is 0.172. The van der Waals surface area contributed by atoms with Crippen LogP contribution in [-0.4, -0.2) is 158 Å². The summed E-state index contributed by atoms with van der Waals surface area (Å²) in [5, 5.41) is 134. The summed E-state index contributed by atoms with van der Waals surface area (Å²) in [5.41, 5.74) is 8.81. The van der Waals surface area contributed by atoms with Crippen LogP contribution in [0, 0.1) is 0 Å². The summed E-state index contributed by atoms with van der Waals surface area (Å²) in [6.45, 7) is 10.8. The van der Waals surface area contributed by atoms with Crippen molar-refractivity contribution in [2.24, 2.45) is 20.5 Å². The zero-order valence-corrected chi connectivity index (χ0v) is 53.8. The van der Waals surface area contributed by atoms with Crippen LogP contribution in [0.1, 0.15) is 146 Å². The maximum Gasteiger partial charge on any atom is 0.335 e. The Balaban J connectivity index is 0.905. The molecular formula is C58H50N24O16S2. The van der Waals surface area contributed by atoms with Crippen molar-refractivity contribution in [3.8, 4) is 11.9 Å². The fourth-order valence-corrected chi connectivity index (χ4v) is 10.3. The van der Waals surface area contributed by atoms with Gasteiger partial charge in [0.15, 0.2) is 23.0 Å². The first kappa shape index (κ1) is 69.0. The maximum absolute atomic E-state index is 12.0. The number of rotatable bonds is 25. The zero-order valence-electron chi connectivity index (χ0n) is 52.2. The first-order valence-corrected chi connectivity index (χ1v) is 30.1. The molecule has 0 aliphatic heterocycles. The molecule has 6 aromatic heterocycles. The highest BCUT2D eigenvalue weighted by molar-refractivity contribution is 7.15. The van der Waals surface area contributed by atoms with Crippen molar-refractivity contribution in [2.75, 3.05) is 32.7 Å². The Bertz CT molecular complexity index is 4480. The number of carboxylic acids is 8. The van der Waals surface area contributed by atoms with Gasteiger partial charge in [-0.2, -0.15) is 49.5 Å². The van der Waals surface area contributed by atoms with Crippen LogP contribution in [0.4, 0.5) is 79.8 Å². The van der Waals surface area contributed by atoms with Crippen molar-refractivity contribution >= 4 is 150 Å². The predicted octanol–water partition coefficient (Wildman–Crippen LogP) is 9.07. The number of azo groups is 2. The minimum Gasteiger partial charge on any atom is -0.478 e. The van der Waals surface area contributed by atoms with Gasteiger partial charge in [-0.3, -0.25) is 0 Å². The summed E-state index contributed by atoms with van der Waals surface area (Å²) in [5.74, 6) is -14.1. The summed E-state index contributed by atoms with van der Waals surface area (Å²) in [7, 11) is 0. The monoisotopic (exact) mass is 1400 g/mol. The van der Waals surface area contributed by atoms with Gasteiger partial charge in [0.1, 0.15) is 10.0 Å². The molecule has 0 fully saturated rings. The van der Waals surface area contributed by atoms with Gasteiger partial charge in [0, 0.05) is 46.4 Å². The molecule has 16 N–H and O–H groups in total. The number of hydrogen-bond donors (Lipinski definition) is 14. The molecule has 0 bridgehead atoms. The van der Waals surface area contributed by atoms with Crippen LogP contribution in [0.2, 0.25) is 0 Å². The van der Waals surface area contributed by atoms with Crippen molar-refractivity contribution < 1.29 is 79.2 Å². The minimum absolute atomic E-state index is 0.0330. The Morgan fingerprint density at radius 2 is 0.620 bits per heavy atom. The van der Waals surface area contributed by atoms with E-state index in [2.05, 4.69) is 102 Å². The number of nitrogens with two attached hydrogens (primary N) is 2. The maximum atomic E-state index is 12.0.